The SMILES string of the molecule is Cc1ccc(C=CC(=O)OCC(=O)NNC(=O)c2cccc([N+](=O)[O-])c2)cc1. The normalized spacial score (nSPS) is 10.3. The second-order valence-electron chi connectivity index (χ2n) is 5.66. The predicted molar refractivity (Wildman–Crippen MR) is 99.9 cm³/mol. The van der Waals surface area contributed by atoms with E-state index >= 15 is 0 Å². The van der Waals surface area contributed by atoms with Gasteiger partial charge in [0.25, 0.3) is 17.5 Å². The van der Waals surface area contributed by atoms with Crippen molar-refractivity contribution in [1.29, 1.82) is 0 Å². The van der Waals surface area contributed by atoms with Crippen molar-refractivity contribution in [1.82, 2.24) is 10.9 Å². The van der Waals surface area contributed by atoms with Gasteiger partial charge in [-0.15, -0.1) is 0 Å². The van der Waals surface area contributed by atoms with Crippen LogP contribution in [0.25, 0.3) is 6.08 Å². The number of hydrogen-bond acceptors (Lipinski definition) is 6. The molecule has 0 aromatic heterocycles. The largest absolute Gasteiger partial charge is 0.452 e. The molecule has 2 N–H and O–H groups in total. The lowest BCUT2D eigenvalue weighted by molar-refractivity contribution is -0.384. The Hall–Kier alpha value is -4.01. The van der Waals surface area contributed by atoms with Crippen LogP contribution in [0.3, 0.4) is 0 Å². The first-order valence-corrected chi connectivity index (χ1v) is 8.10. The number of ether oxygens (including phenoxy) is 1. The van der Waals surface area contributed by atoms with Crippen LogP contribution in [0.15, 0.2) is 54.6 Å². The number of nitro groups is 1. The van der Waals surface area contributed by atoms with Gasteiger partial charge in [-0.05, 0) is 24.6 Å². The van der Waals surface area contributed by atoms with Gasteiger partial charge in [0.1, 0.15) is 0 Å². The summed E-state index contributed by atoms with van der Waals surface area (Å²) in [5.41, 5.74) is 5.76. The molecule has 0 radical (unpaired) electrons. The Bertz CT molecular complexity index is 922. The van der Waals surface area contributed by atoms with Crippen LogP contribution in [0.4, 0.5) is 5.69 Å². The number of nitrogens with one attached hydrogen (secondary N) is 2. The third kappa shape index (κ3) is 6.37. The molecule has 2 amide bonds. The molecule has 0 aliphatic carbocycles. The lowest BCUT2D eigenvalue weighted by Crippen LogP contribution is -2.43. The first kappa shape index (κ1) is 20.3. The van der Waals surface area contributed by atoms with E-state index in [9.17, 15) is 24.5 Å². The number of carbonyl (C=O) groups excluding carboxylic acids is 3. The minimum atomic E-state index is -0.768. The molecule has 144 valence electrons. The number of hydrazine groups is 1. The van der Waals surface area contributed by atoms with Crippen molar-refractivity contribution in [2.24, 2.45) is 0 Å². The topological polar surface area (TPSA) is 128 Å². The van der Waals surface area contributed by atoms with Crippen LogP contribution in [-0.4, -0.2) is 29.3 Å². The van der Waals surface area contributed by atoms with Gasteiger partial charge >= 0.3 is 5.97 Å². The van der Waals surface area contributed by atoms with Crippen LogP contribution in [0, 0.1) is 17.0 Å². The number of aryl methyl sites for hydroxylation is 1. The fourth-order valence-electron chi connectivity index (χ4n) is 2.02. The van der Waals surface area contributed by atoms with Crippen molar-refractivity contribution < 1.29 is 24.0 Å². The summed E-state index contributed by atoms with van der Waals surface area (Å²) in [6.45, 7) is 1.34. The molecule has 28 heavy (non-hydrogen) atoms. The monoisotopic (exact) mass is 383 g/mol. The second-order valence-corrected chi connectivity index (χ2v) is 5.66. The zero-order valence-electron chi connectivity index (χ0n) is 14.9. The van der Waals surface area contributed by atoms with Crippen molar-refractivity contribution in [2.45, 2.75) is 6.92 Å². The molecule has 2 rings (SSSR count). The molecule has 0 saturated carbocycles. The molecular formula is C19H17N3O6. The summed E-state index contributed by atoms with van der Waals surface area (Å²) in [5.74, 6) is -2.24. The lowest BCUT2D eigenvalue weighted by Gasteiger charge is -2.07. The average molecular weight is 383 g/mol. The highest BCUT2D eigenvalue weighted by molar-refractivity contribution is 5.96. The molecule has 9 nitrogen and oxygen atoms in total. The molecule has 0 aliphatic rings. The van der Waals surface area contributed by atoms with Gasteiger partial charge < -0.3 is 4.74 Å². The van der Waals surface area contributed by atoms with E-state index in [-0.39, 0.29) is 11.3 Å². The van der Waals surface area contributed by atoms with Crippen LogP contribution < -0.4 is 10.9 Å². The highest BCUT2D eigenvalue weighted by Crippen LogP contribution is 2.12. The van der Waals surface area contributed by atoms with Crippen LogP contribution >= 0.6 is 0 Å². The third-order valence-electron chi connectivity index (χ3n) is 3.47. The summed E-state index contributed by atoms with van der Waals surface area (Å²) in [4.78, 5) is 45.2. The van der Waals surface area contributed by atoms with Gasteiger partial charge in [0.05, 0.1) is 4.92 Å². The molecule has 0 aliphatic heterocycles. The average Bonchev–Trinajstić information content (AvgIpc) is 2.70. The van der Waals surface area contributed by atoms with E-state index in [2.05, 4.69) is 10.9 Å². The number of nitro benzene ring substituents is 1. The van der Waals surface area contributed by atoms with Crippen molar-refractivity contribution >= 4 is 29.5 Å². The summed E-state index contributed by atoms with van der Waals surface area (Å²) >= 11 is 0. The Morgan fingerprint density at radius 1 is 1.11 bits per heavy atom. The number of esters is 1. The second kappa shape index (κ2) is 9.62. The Balaban J connectivity index is 1.76. The lowest BCUT2D eigenvalue weighted by atomic mass is 10.1. The Morgan fingerprint density at radius 2 is 1.82 bits per heavy atom. The molecule has 0 fully saturated rings. The van der Waals surface area contributed by atoms with Crippen LogP contribution in [0.1, 0.15) is 21.5 Å². The molecular weight excluding hydrogens is 366 g/mol. The molecule has 2 aromatic rings. The van der Waals surface area contributed by atoms with Crippen LogP contribution in [-0.2, 0) is 14.3 Å². The molecule has 9 heteroatoms. The highest BCUT2D eigenvalue weighted by Gasteiger charge is 2.12. The van der Waals surface area contributed by atoms with Crippen molar-refractivity contribution in [3.63, 3.8) is 0 Å². The fraction of sp³-hybridized carbons (Fsp3) is 0.105. The maximum atomic E-state index is 11.9. The fourth-order valence-corrected chi connectivity index (χ4v) is 2.02. The van der Waals surface area contributed by atoms with E-state index in [1.807, 2.05) is 31.2 Å². The standard InChI is InChI=1S/C19H17N3O6/c1-13-5-7-14(8-6-13)9-10-18(24)28-12-17(23)20-21-19(25)15-3-2-4-16(11-15)22(26)27/h2-11H,12H2,1H3,(H,20,23)(H,21,25). The van der Waals surface area contributed by atoms with Gasteiger partial charge in [-0.1, -0.05) is 35.9 Å². The van der Waals surface area contributed by atoms with E-state index in [4.69, 9.17) is 4.74 Å². The van der Waals surface area contributed by atoms with Crippen LogP contribution in [0.5, 0.6) is 0 Å². The van der Waals surface area contributed by atoms with E-state index in [0.717, 1.165) is 17.2 Å². The molecule has 0 unspecified atom stereocenters. The molecule has 0 heterocycles. The highest BCUT2D eigenvalue weighted by atomic mass is 16.6. The molecule has 0 bridgehead atoms. The number of amides is 2. The van der Waals surface area contributed by atoms with Gasteiger partial charge in [0.2, 0.25) is 0 Å². The maximum Gasteiger partial charge on any atom is 0.331 e. The van der Waals surface area contributed by atoms with Crippen LogP contribution in [0.2, 0.25) is 0 Å². The van der Waals surface area contributed by atoms with Crippen molar-refractivity contribution in [3.05, 3.63) is 81.4 Å². The zero-order valence-corrected chi connectivity index (χ0v) is 14.9. The molecule has 0 saturated heterocycles. The molecule has 0 spiro atoms. The molecule has 2 aromatic carbocycles. The summed E-state index contributed by atoms with van der Waals surface area (Å²) < 4.78 is 4.76. The first-order chi connectivity index (χ1) is 13.3. The molecule has 0 atom stereocenters. The van der Waals surface area contributed by atoms with Gasteiger partial charge in [0, 0.05) is 23.8 Å². The number of non-ortho nitro benzene ring substituents is 1. The predicted octanol–water partition coefficient (Wildman–Crippen LogP) is 1.92. The minimum Gasteiger partial charge on any atom is -0.452 e. The number of rotatable bonds is 6. The summed E-state index contributed by atoms with van der Waals surface area (Å²) in [7, 11) is 0. The maximum absolute atomic E-state index is 11.9. The van der Waals surface area contributed by atoms with E-state index < -0.39 is 29.3 Å². The summed E-state index contributed by atoms with van der Waals surface area (Å²) in [6, 6.07) is 12.4. The Morgan fingerprint density at radius 3 is 2.50 bits per heavy atom. The summed E-state index contributed by atoms with van der Waals surface area (Å²) in [5, 5.41) is 10.7. The zero-order chi connectivity index (χ0) is 20.5. The van der Waals surface area contributed by atoms with E-state index in [1.54, 1.807) is 6.08 Å². The van der Waals surface area contributed by atoms with Crippen molar-refractivity contribution in [3.8, 4) is 0 Å². The smallest absolute Gasteiger partial charge is 0.331 e. The quantitative estimate of drug-likeness (QED) is 0.339. The number of nitrogens with zero attached hydrogens (tertiary/aromatic N) is 1. The van der Waals surface area contributed by atoms with Crippen molar-refractivity contribution in [2.75, 3.05) is 6.61 Å². The first-order valence-electron chi connectivity index (χ1n) is 8.10. The number of hydrogen-bond donors (Lipinski definition) is 2. The van der Waals surface area contributed by atoms with Gasteiger partial charge in [-0.25, -0.2) is 4.79 Å². The third-order valence-corrected chi connectivity index (χ3v) is 3.47. The number of benzene rings is 2. The summed E-state index contributed by atoms with van der Waals surface area (Å²) in [6.07, 6.45) is 2.73. The van der Waals surface area contributed by atoms with Gasteiger partial charge in [-0.2, -0.15) is 0 Å². The minimum absolute atomic E-state index is 0.00692. The Kier molecular flexibility index (Phi) is 6.98. The van der Waals surface area contributed by atoms with Gasteiger partial charge in [0.15, 0.2) is 6.61 Å². The van der Waals surface area contributed by atoms with E-state index in [0.29, 0.717) is 0 Å². The van der Waals surface area contributed by atoms with Gasteiger partial charge in [-0.3, -0.25) is 30.6 Å². The Labute approximate surface area is 160 Å². The number of carbonyl (C=O) groups is 3. The van der Waals surface area contributed by atoms with E-state index in [1.165, 1.54) is 24.3 Å².